The maximum absolute atomic E-state index is 12.3. The minimum Gasteiger partial charge on any atom is -0.493 e. The summed E-state index contributed by atoms with van der Waals surface area (Å²) in [6.07, 6.45) is 4.12. The molecule has 0 N–H and O–H groups in total. The van der Waals surface area contributed by atoms with Gasteiger partial charge in [-0.25, -0.2) is 4.79 Å². The third-order valence-electron chi connectivity index (χ3n) is 3.53. The van der Waals surface area contributed by atoms with Crippen molar-refractivity contribution in [2.24, 2.45) is 0 Å². The second-order valence-electron chi connectivity index (χ2n) is 5.06. The van der Waals surface area contributed by atoms with Gasteiger partial charge in [0.05, 0.1) is 25.4 Å². The number of hydrogen-bond acceptors (Lipinski definition) is 5. The summed E-state index contributed by atoms with van der Waals surface area (Å²) in [5, 5.41) is 0. The predicted molar refractivity (Wildman–Crippen MR) is 84.5 cm³/mol. The first kappa shape index (κ1) is 16.8. The van der Waals surface area contributed by atoms with Gasteiger partial charge in [-0.05, 0) is 44.7 Å². The van der Waals surface area contributed by atoms with E-state index in [1.54, 1.807) is 19.1 Å². The van der Waals surface area contributed by atoms with Gasteiger partial charge in [-0.2, -0.15) is 0 Å². The van der Waals surface area contributed by atoms with Crippen molar-refractivity contribution in [3.05, 3.63) is 22.2 Å². The van der Waals surface area contributed by atoms with Crippen LogP contribution in [0.5, 0.6) is 11.5 Å². The number of carbonyl (C=O) groups excluding carboxylic acids is 2. The Kier molecular flexibility index (Phi) is 5.83. The number of hydrogen-bond donors (Lipinski definition) is 0. The number of methoxy groups -OCH3 is 1. The summed E-state index contributed by atoms with van der Waals surface area (Å²) in [5.74, 6) is -0.877. The number of ketones is 1. The van der Waals surface area contributed by atoms with E-state index in [-0.39, 0.29) is 18.3 Å². The maximum Gasteiger partial charge on any atom is 0.379 e. The van der Waals surface area contributed by atoms with Gasteiger partial charge in [0.25, 0.3) is 5.78 Å². The number of rotatable bonds is 6. The quantitative estimate of drug-likeness (QED) is 0.435. The summed E-state index contributed by atoms with van der Waals surface area (Å²) in [7, 11) is 1.50. The monoisotopic (exact) mass is 370 g/mol. The van der Waals surface area contributed by atoms with Crippen LogP contribution in [-0.4, -0.2) is 31.6 Å². The van der Waals surface area contributed by atoms with Crippen LogP contribution in [0.2, 0.25) is 0 Å². The molecule has 120 valence electrons. The van der Waals surface area contributed by atoms with E-state index in [1.165, 1.54) is 7.11 Å². The third-order valence-corrected chi connectivity index (χ3v) is 3.99. The van der Waals surface area contributed by atoms with Gasteiger partial charge in [-0.15, -0.1) is 0 Å². The lowest BCUT2D eigenvalue weighted by atomic mass is 10.1. The second-order valence-corrected chi connectivity index (χ2v) is 5.97. The molecule has 1 saturated carbocycles. The van der Waals surface area contributed by atoms with E-state index < -0.39 is 11.8 Å². The van der Waals surface area contributed by atoms with Crippen LogP contribution in [0.3, 0.4) is 0 Å². The fourth-order valence-corrected chi connectivity index (χ4v) is 2.93. The minimum absolute atomic E-state index is 0.0452. The second kappa shape index (κ2) is 7.63. The molecule has 6 heteroatoms. The zero-order chi connectivity index (χ0) is 16.1. The van der Waals surface area contributed by atoms with Gasteiger partial charge in [0.2, 0.25) is 0 Å². The highest BCUT2D eigenvalue weighted by atomic mass is 79.9. The SMILES string of the molecule is CCOC(=O)C(=O)c1cc(Br)cc(OC)c1OC1CCCC1. The largest absolute Gasteiger partial charge is 0.493 e. The van der Waals surface area contributed by atoms with Gasteiger partial charge in [0, 0.05) is 4.47 Å². The van der Waals surface area contributed by atoms with Crippen LogP contribution in [0, 0.1) is 0 Å². The number of benzene rings is 1. The molecule has 0 amide bonds. The van der Waals surface area contributed by atoms with Crippen molar-refractivity contribution in [3.8, 4) is 11.5 Å². The molecule has 1 aromatic carbocycles. The van der Waals surface area contributed by atoms with Gasteiger partial charge in [0.15, 0.2) is 11.5 Å². The summed E-state index contributed by atoms with van der Waals surface area (Å²) >= 11 is 3.32. The highest BCUT2D eigenvalue weighted by Crippen LogP contribution is 2.38. The average Bonchev–Trinajstić information content (AvgIpc) is 3.01. The molecule has 1 aromatic rings. The first-order valence-electron chi connectivity index (χ1n) is 7.32. The van der Waals surface area contributed by atoms with Crippen LogP contribution in [0.4, 0.5) is 0 Å². The molecule has 0 unspecified atom stereocenters. The molecule has 0 radical (unpaired) electrons. The van der Waals surface area contributed by atoms with Crippen LogP contribution < -0.4 is 9.47 Å². The molecule has 0 aromatic heterocycles. The van der Waals surface area contributed by atoms with E-state index in [1.807, 2.05) is 0 Å². The van der Waals surface area contributed by atoms with Crippen molar-refractivity contribution in [1.29, 1.82) is 0 Å². The molecule has 0 atom stereocenters. The van der Waals surface area contributed by atoms with Gasteiger partial charge >= 0.3 is 5.97 Å². The zero-order valence-electron chi connectivity index (χ0n) is 12.7. The van der Waals surface area contributed by atoms with Gasteiger partial charge in [-0.1, -0.05) is 15.9 Å². The molecule has 1 aliphatic rings. The van der Waals surface area contributed by atoms with E-state index in [9.17, 15) is 9.59 Å². The molecular weight excluding hydrogens is 352 g/mol. The molecule has 0 saturated heterocycles. The summed E-state index contributed by atoms with van der Waals surface area (Å²) in [4.78, 5) is 24.1. The molecule has 1 aliphatic carbocycles. The topological polar surface area (TPSA) is 61.8 Å². The standard InChI is InChI=1S/C16H19BrO5/c1-3-21-16(19)14(18)12-8-10(17)9-13(20-2)15(12)22-11-6-4-5-7-11/h8-9,11H,3-7H2,1-2H3. The van der Waals surface area contributed by atoms with Crippen LogP contribution in [-0.2, 0) is 9.53 Å². The lowest BCUT2D eigenvalue weighted by Gasteiger charge is -2.19. The van der Waals surface area contributed by atoms with Gasteiger partial charge in [-0.3, -0.25) is 4.79 Å². The molecule has 0 bridgehead atoms. The van der Waals surface area contributed by atoms with E-state index in [0.29, 0.717) is 16.0 Å². The van der Waals surface area contributed by atoms with Crippen molar-refractivity contribution in [1.82, 2.24) is 0 Å². The van der Waals surface area contributed by atoms with Crippen molar-refractivity contribution < 1.29 is 23.8 Å². The normalized spacial score (nSPS) is 14.7. The Bertz CT molecular complexity index is 564. The molecule has 2 rings (SSSR count). The van der Waals surface area contributed by atoms with Crippen LogP contribution >= 0.6 is 15.9 Å². The average molecular weight is 371 g/mol. The maximum atomic E-state index is 12.3. The minimum atomic E-state index is -0.890. The van der Waals surface area contributed by atoms with Crippen molar-refractivity contribution in [3.63, 3.8) is 0 Å². The highest BCUT2D eigenvalue weighted by Gasteiger charge is 2.28. The molecule has 0 heterocycles. The smallest absolute Gasteiger partial charge is 0.379 e. The van der Waals surface area contributed by atoms with Gasteiger partial charge in [0.1, 0.15) is 0 Å². The number of Topliss-reactive ketones (excluding diaryl/α,β-unsaturated/α-hetero) is 1. The highest BCUT2D eigenvalue weighted by molar-refractivity contribution is 9.10. The van der Waals surface area contributed by atoms with Crippen molar-refractivity contribution in [2.75, 3.05) is 13.7 Å². The van der Waals surface area contributed by atoms with Gasteiger partial charge < -0.3 is 14.2 Å². The first-order valence-corrected chi connectivity index (χ1v) is 8.11. The first-order chi connectivity index (χ1) is 10.6. The lowest BCUT2D eigenvalue weighted by Crippen LogP contribution is -2.20. The summed E-state index contributed by atoms with van der Waals surface area (Å²) in [6, 6.07) is 3.28. The number of carbonyl (C=O) groups is 2. The number of halogens is 1. The molecule has 5 nitrogen and oxygen atoms in total. The van der Waals surface area contributed by atoms with Crippen LogP contribution in [0.15, 0.2) is 16.6 Å². The van der Waals surface area contributed by atoms with E-state index in [2.05, 4.69) is 15.9 Å². The molecular formula is C16H19BrO5. The summed E-state index contributed by atoms with van der Waals surface area (Å²) < 4.78 is 16.7. The Morgan fingerprint density at radius 1 is 1.27 bits per heavy atom. The molecule has 0 spiro atoms. The Labute approximate surface area is 138 Å². The third kappa shape index (κ3) is 3.80. The fraction of sp³-hybridized carbons (Fsp3) is 0.500. The molecule has 0 aliphatic heterocycles. The Balaban J connectivity index is 2.38. The predicted octanol–water partition coefficient (Wildman–Crippen LogP) is 3.52. The van der Waals surface area contributed by atoms with E-state index >= 15 is 0 Å². The van der Waals surface area contributed by atoms with Crippen molar-refractivity contribution in [2.45, 2.75) is 38.7 Å². The molecule has 22 heavy (non-hydrogen) atoms. The molecule has 1 fully saturated rings. The Morgan fingerprint density at radius 2 is 1.95 bits per heavy atom. The van der Waals surface area contributed by atoms with Crippen molar-refractivity contribution >= 4 is 27.7 Å². The van der Waals surface area contributed by atoms with Crippen LogP contribution in [0.1, 0.15) is 43.0 Å². The lowest BCUT2D eigenvalue weighted by molar-refractivity contribution is -0.137. The summed E-state index contributed by atoms with van der Waals surface area (Å²) in [5.41, 5.74) is 0.163. The summed E-state index contributed by atoms with van der Waals surface area (Å²) in [6.45, 7) is 1.80. The Morgan fingerprint density at radius 3 is 2.55 bits per heavy atom. The number of ether oxygens (including phenoxy) is 3. The van der Waals surface area contributed by atoms with E-state index in [0.717, 1.165) is 25.7 Å². The fourth-order valence-electron chi connectivity index (χ4n) is 2.49. The number of esters is 1. The van der Waals surface area contributed by atoms with Crippen LogP contribution in [0.25, 0.3) is 0 Å². The van der Waals surface area contributed by atoms with E-state index in [4.69, 9.17) is 14.2 Å². The Hall–Kier alpha value is -1.56. The zero-order valence-corrected chi connectivity index (χ0v) is 14.3.